The van der Waals surface area contributed by atoms with Crippen LogP contribution in [0.15, 0.2) is 54.7 Å². The zero-order valence-corrected chi connectivity index (χ0v) is 18.3. The van der Waals surface area contributed by atoms with Gasteiger partial charge in [0.05, 0.1) is 20.3 Å². The first-order valence-corrected chi connectivity index (χ1v) is 10.6. The van der Waals surface area contributed by atoms with E-state index in [4.69, 9.17) is 9.47 Å². The van der Waals surface area contributed by atoms with E-state index in [1.54, 1.807) is 14.2 Å². The third kappa shape index (κ3) is 4.44. The number of aromatic nitrogens is 1. The summed E-state index contributed by atoms with van der Waals surface area (Å²) in [6, 6.07) is 13.8. The Morgan fingerprint density at radius 1 is 1.16 bits per heavy atom. The normalized spacial score (nSPS) is 15.4. The van der Waals surface area contributed by atoms with Gasteiger partial charge in [-0.25, -0.2) is 0 Å². The molecule has 0 spiro atoms. The van der Waals surface area contributed by atoms with Gasteiger partial charge in [0.15, 0.2) is 11.5 Å². The van der Waals surface area contributed by atoms with Crippen LogP contribution in [0.3, 0.4) is 0 Å². The van der Waals surface area contributed by atoms with Crippen molar-refractivity contribution in [1.29, 1.82) is 0 Å². The largest absolute Gasteiger partial charge is 0.493 e. The molecular weight excluding hydrogens is 390 g/mol. The van der Waals surface area contributed by atoms with Gasteiger partial charge in [0.1, 0.15) is 0 Å². The molecule has 0 saturated carbocycles. The summed E-state index contributed by atoms with van der Waals surface area (Å²) >= 11 is 0. The van der Waals surface area contributed by atoms with Crippen molar-refractivity contribution in [3.8, 4) is 11.5 Å². The van der Waals surface area contributed by atoms with Crippen LogP contribution >= 0.6 is 0 Å². The number of fused-ring (bicyclic) bond motifs is 1. The molecule has 3 aromatic rings. The fourth-order valence-corrected chi connectivity index (χ4v) is 4.11. The number of carbonyl (C=O) groups excluding carboxylic acids is 1. The molecule has 2 heterocycles. The summed E-state index contributed by atoms with van der Waals surface area (Å²) in [6.07, 6.45) is 5.26. The number of methoxy groups -OCH3 is 2. The number of hydrogen-bond acceptors (Lipinski definition) is 4. The molecule has 0 saturated heterocycles. The second-order valence-corrected chi connectivity index (χ2v) is 7.81. The van der Waals surface area contributed by atoms with Crippen molar-refractivity contribution >= 4 is 22.4 Å². The number of aromatic amines is 1. The minimum Gasteiger partial charge on any atom is -0.493 e. The Labute approximate surface area is 182 Å². The number of amides is 1. The van der Waals surface area contributed by atoms with Gasteiger partial charge in [-0.1, -0.05) is 30.3 Å². The van der Waals surface area contributed by atoms with Gasteiger partial charge in [-0.05, 0) is 42.7 Å². The highest BCUT2D eigenvalue weighted by Gasteiger charge is 2.24. The first kappa shape index (κ1) is 21.0. The van der Waals surface area contributed by atoms with Crippen LogP contribution in [0.2, 0.25) is 0 Å². The molecule has 1 aliphatic rings. The van der Waals surface area contributed by atoms with E-state index in [1.165, 1.54) is 16.5 Å². The van der Waals surface area contributed by atoms with Crippen LogP contribution in [-0.4, -0.2) is 49.1 Å². The van der Waals surface area contributed by atoms with E-state index in [1.807, 2.05) is 31.2 Å². The van der Waals surface area contributed by atoms with Crippen LogP contribution in [0.1, 0.15) is 24.5 Å². The quantitative estimate of drug-likeness (QED) is 0.608. The summed E-state index contributed by atoms with van der Waals surface area (Å²) in [5.41, 5.74) is 4.73. The fraction of sp³-hybridized carbons (Fsp3) is 0.320. The minimum absolute atomic E-state index is 0.0266. The van der Waals surface area contributed by atoms with Crippen LogP contribution in [0.4, 0.5) is 0 Å². The van der Waals surface area contributed by atoms with Crippen molar-refractivity contribution < 1.29 is 14.3 Å². The van der Waals surface area contributed by atoms with E-state index in [0.29, 0.717) is 18.0 Å². The highest BCUT2D eigenvalue weighted by Crippen LogP contribution is 2.30. The molecule has 1 unspecified atom stereocenters. The molecule has 6 heteroatoms. The van der Waals surface area contributed by atoms with Gasteiger partial charge in [0.25, 0.3) is 0 Å². The van der Waals surface area contributed by atoms with Gasteiger partial charge in [-0.3, -0.25) is 9.69 Å². The lowest BCUT2D eigenvalue weighted by atomic mass is 9.98. The van der Waals surface area contributed by atoms with E-state index in [9.17, 15) is 4.79 Å². The predicted molar refractivity (Wildman–Crippen MR) is 123 cm³/mol. The highest BCUT2D eigenvalue weighted by molar-refractivity contribution is 5.92. The number of hydrogen-bond donors (Lipinski definition) is 2. The van der Waals surface area contributed by atoms with Crippen LogP contribution in [0.25, 0.3) is 16.5 Å². The fourth-order valence-electron chi connectivity index (χ4n) is 4.11. The van der Waals surface area contributed by atoms with E-state index in [0.717, 1.165) is 30.6 Å². The number of H-pyrrole nitrogens is 1. The summed E-state index contributed by atoms with van der Waals surface area (Å²) in [7, 11) is 3.22. The molecule has 4 rings (SSSR count). The molecule has 1 amide bonds. The lowest BCUT2D eigenvalue weighted by Gasteiger charge is -2.31. The minimum atomic E-state index is -0.194. The van der Waals surface area contributed by atoms with Crippen LogP contribution < -0.4 is 14.8 Å². The zero-order valence-electron chi connectivity index (χ0n) is 18.3. The Morgan fingerprint density at radius 3 is 2.71 bits per heavy atom. The molecular formula is C25H29N3O3. The second kappa shape index (κ2) is 9.27. The third-order valence-corrected chi connectivity index (χ3v) is 6.02. The molecule has 31 heavy (non-hydrogen) atoms. The predicted octanol–water partition coefficient (Wildman–Crippen LogP) is 3.98. The Bertz CT molecular complexity index is 1100. The van der Waals surface area contributed by atoms with Gasteiger partial charge in [-0.2, -0.15) is 0 Å². The highest BCUT2D eigenvalue weighted by atomic mass is 16.5. The van der Waals surface area contributed by atoms with E-state index < -0.39 is 0 Å². The average Bonchev–Trinajstić information content (AvgIpc) is 3.26. The number of benzene rings is 2. The summed E-state index contributed by atoms with van der Waals surface area (Å²) in [4.78, 5) is 18.3. The van der Waals surface area contributed by atoms with Crippen molar-refractivity contribution in [2.75, 3.05) is 27.3 Å². The first-order chi connectivity index (χ1) is 15.1. The van der Waals surface area contributed by atoms with E-state index >= 15 is 0 Å². The zero-order chi connectivity index (χ0) is 21.8. The van der Waals surface area contributed by atoms with E-state index in [2.05, 4.69) is 45.7 Å². The maximum Gasteiger partial charge on any atom is 0.237 e. The van der Waals surface area contributed by atoms with Crippen molar-refractivity contribution in [3.05, 3.63) is 65.9 Å². The lowest BCUT2D eigenvalue weighted by Crippen LogP contribution is -2.46. The molecule has 0 bridgehead atoms. The van der Waals surface area contributed by atoms with Gasteiger partial charge in [0, 0.05) is 42.3 Å². The standard InChI is InChI=1S/C25H29N3O3/c1-17(25(29)27-15-18-8-9-23(30-2)24(14-18)31-3)28-12-10-19(11-13-28)21-16-26-22-7-5-4-6-20(21)22/h4-10,14,16-17,26H,11-13,15H2,1-3H3,(H,27,29). The van der Waals surface area contributed by atoms with Crippen molar-refractivity contribution in [3.63, 3.8) is 0 Å². The number of nitrogens with zero attached hydrogens (tertiary/aromatic N) is 1. The summed E-state index contributed by atoms with van der Waals surface area (Å²) in [6.45, 7) is 4.04. The molecule has 2 aromatic carbocycles. The van der Waals surface area contributed by atoms with Crippen molar-refractivity contribution in [2.24, 2.45) is 0 Å². The Morgan fingerprint density at radius 2 is 1.97 bits per heavy atom. The number of nitrogens with one attached hydrogen (secondary N) is 2. The topological polar surface area (TPSA) is 66.6 Å². The van der Waals surface area contributed by atoms with Gasteiger partial charge < -0.3 is 19.8 Å². The summed E-state index contributed by atoms with van der Waals surface area (Å²) in [5, 5.41) is 4.30. The van der Waals surface area contributed by atoms with Crippen LogP contribution in [-0.2, 0) is 11.3 Å². The molecule has 6 nitrogen and oxygen atoms in total. The van der Waals surface area contributed by atoms with E-state index in [-0.39, 0.29) is 11.9 Å². The Kier molecular flexibility index (Phi) is 6.28. The van der Waals surface area contributed by atoms with Crippen LogP contribution in [0.5, 0.6) is 11.5 Å². The number of para-hydroxylation sites is 1. The van der Waals surface area contributed by atoms with Crippen molar-refractivity contribution in [1.82, 2.24) is 15.2 Å². The third-order valence-electron chi connectivity index (χ3n) is 6.02. The first-order valence-electron chi connectivity index (χ1n) is 10.6. The molecule has 162 valence electrons. The Hall–Kier alpha value is -3.25. The summed E-state index contributed by atoms with van der Waals surface area (Å²) in [5.74, 6) is 1.36. The number of carbonyl (C=O) groups is 1. The second-order valence-electron chi connectivity index (χ2n) is 7.81. The van der Waals surface area contributed by atoms with Gasteiger partial charge in [0.2, 0.25) is 5.91 Å². The molecule has 1 aliphatic heterocycles. The molecule has 0 aliphatic carbocycles. The Balaban J connectivity index is 1.36. The van der Waals surface area contributed by atoms with Crippen molar-refractivity contribution in [2.45, 2.75) is 25.9 Å². The monoisotopic (exact) mass is 419 g/mol. The molecule has 2 N–H and O–H groups in total. The molecule has 1 aromatic heterocycles. The average molecular weight is 420 g/mol. The summed E-state index contributed by atoms with van der Waals surface area (Å²) < 4.78 is 10.6. The number of rotatable bonds is 7. The molecule has 0 fully saturated rings. The van der Waals surface area contributed by atoms with Crippen LogP contribution in [0, 0.1) is 0 Å². The maximum atomic E-state index is 12.7. The maximum absolute atomic E-state index is 12.7. The SMILES string of the molecule is COc1ccc(CNC(=O)C(C)N2CC=C(c3c[nH]c4ccccc34)CC2)cc1OC. The molecule has 0 radical (unpaired) electrons. The molecule has 1 atom stereocenters. The smallest absolute Gasteiger partial charge is 0.237 e. The lowest BCUT2D eigenvalue weighted by molar-refractivity contribution is -0.125. The van der Waals surface area contributed by atoms with Gasteiger partial charge in [-0.15, -0.1) is 0 Å². The van der Waals surface area contributed by atoms with Gasteiger partial charge >= 0.3 is 0 Å². The number of ether oxygens (including phenoxy) is 2.